The number of hydrogen-bond donors (Lipinski definition) is 0. The highest BCUT2D eigenvalue weighted by Crippen LogP contribution is 2.44. The van der Waals surface area contributed by atoms with Gasteiger partial charge < -0.3 is 0 Å². The van der Waals surface area contributed by atoms with E-state index in [4.69, 9.17) is 0 Å². The van der Waals surface area contributed by atoms with Crippen molar-refractivity contribution in [3.8, 4) is 11.1 Å². The van der Waals surface area contributed by atoms with Crippen LogP contribution < -0.4 is 0 Å². The summed E-state index contributed by atoms with van der Waals surface area (Å²) in [6.45, 7) is 0. The van der Waals surface area contributed by atoms with Gasteiger partial charge in [-0.3, -0.25) is 0 Å². The molecule has 0 N–H and O–H groups in total. The quantitative estimate of drug-likeness (QED) is 0.273. The average molecular weight is 316 g/mol. The summed E-state index contributed by atoms with van der Waals surface area (Å²) in [6.07, 6.45) is 1.03. The number of hydrogen-bond acceptors (Lipinski definition) is 0. The molecule has 0 nitrogen and oxygen atoms in total. The Bertz CT molecular complexity index is 1310. The minimum absolute atomic E-state index is 1.03. The van der Waals surface area contributed by atoms with E-state index in [2.05, 4.69) is 84.9 Å². The lowest BCUT2D eigenvalue weighted by atomic mass is 9.95. The molecule has 0 saturated heterocycles. The molecular weight excluding hydrogens is 300 g/mol. The zero-order valence-corrected chi connectivity index (χ0v) is 13.8. The van der Waals surface area contributed by atoms with Crippen LogP contribution in [-0.2, 0) is 6.42 Å². The summed E-state index contributed by atoms with van der Waals surface area (Å²) in [4.78, 5) is 0. The molecule has 0 radical (unpaired) electrons. The first kappa shape index (κ1) is 13.2. The van der Waals surface area contributed by atoms with Crippen molar-refractivity contribution in [3.63, 3.8) is 0 Å². The maximum atomic E-state index is 2.32. The Hall–Kier alpha value is -3.12. The lowest BCUT2D eigenvalue weighted by Gasteiger charge is -2.09. The molecule has 1 aliphatic carbocycles. The molecule has 0 heteroatoms. The Morgan fingerprint density at radius 2 is 0.960 bits per heavy atom. The molecule has 0 spiro atoms. The molecule has 0 bridgehead atoms. The molecule has 0 heterocycles. The molecule has 0 atom stereocenters. The molecule has 6 rings (SSSR count). The Balaban J connectivity index is 1.71. The summed E-state index contributed by atoms with van der Waals surface area (Å²) in [7, 11) is 0. The molecule has 1 aliphatic rings. The van der Waals surface area contributed by atoms with Crippen LogP contribution in [0.15, 0.2) is 84.9 Å². The minimum Gasteiger partial charge on any atom is -0.0616 e. The van der Waals surface area contributed by atoms with Crippen LogP contribution in [0.25, 0.3) is 43.4 Å². The second kappa shape index (κ2) is 4.70. The van der Waals surface area contributed by atoms with Crippen molar-refractivity contribution in [1.82, 2.24) is 0 Å². The fraction of sp³-hybridized carbons (Fsp3) is 0.0400. The highest BCUT2D eigenvalue weighted by Gasteiger charge is 2.22. The normalized spacial score (nSPS) is 12.6. The van der Waals surface area contributed by atoms with Gasteiger partial charge in [0.25, 0.3) is 0 Å². The second-order valence-corrected chi connectivity index (χ2v) is 6.96. The van der Waals surface area contributed by atoms with Crippen LogP contribution in [0.5, 0.6) is 0 Å². The Morgan fingerprint density at radius 3 is 1.80 bits per heavy atom. The fourth-order valence-electron chi connectivity index (χ4n) is 4.55. The monoisotopic (exact) mass is 316 g/mol. The maximum Gasteiger partial charge on any atom is -0.000111 e. The highest BCUT2D eigenvalue weighted by molar-refractivity contribution is 6.11. The molecule has 0 fully saturated rings. The largest absolute Gasteiger partial charge is 0.0616 e. The van der Waals surface area contributed by atoms with Crippen molar-refractivity contribution >= 4 is 32.3 Å². The SMILES string of the molecule is c1ccc2c3c(ccc2c1)-c1ccc2c(ccc4ccccc42)c1C3. The van der Waals surface area contributed by atoms with E-state index in [0.29, 0.717) is 0 Å². The van der Waals surface area contributed by atoms with Gasteiger partial charge in [-0.1, -0.05) is 84.9 Å². The minimum atomic E-state index is 1.03. The smallest absolute Gasteiger partial charge is 0.000111 e. The Morgan fingerprint density at radius 1 is 0.400 bits per heavy atom. The summed E-state index contributed by atoms with van der Waals surface area (Å²) in [5.41, 5.74) is 5.77. The standard InChI is InChI=1S/C25H16/c1-3-7-18-16(5-1)9-11-21-20(18)13-14-23-22-12-10-17-6-2-4-8-19(17)24(22)15-25(21)23/h1-14H,15H2. The summed E-state index contributed by atoms with van der Waals surface area (Å²) in [5.74, 6) is 0. The summed E-state index contributed by atoms with van der Waals surface area (Å²) >= 11 is 0. The third-order valence-electron chi connectivity index (χ3n) is 5.72. The van der Waals surface area contributed by atoms with Gasteiger partial charge in [-0.05, 0) is 61.0 Å². The van der Waals surface area contributed by atoms with Gasteiger partial charge in [0.2, 0.25) is 0 Å². The van der Waals surface area contributed by atoms with Crippen LogP contribution in [0.1, 0.15) is 11.1 Å². The van der Waals surface area contributed by atoms with Crippen LogP contribution in [0.3, 0.4) is 0 Å². The van der Waals surface area contributed by atoms with Crippen molar-refractivity contribution in [3.05, 3.63) is 96.1 Å². The fourth-order valence-corrected chi connectivity index (χ4v) is 4.55. The van der Waals surface area contributed by atoms with E-state index >= 15 is 0 Å². The van der Waals surface area contributed by atoms with Gasteiger partial charge in [0.1, 0.15) is 0 Å². The predicted octanol–water partition coefficient (Wildman–Crippen LogP) is 6.72. The molecule has 0 aromatic heterocycles. The first-order chi connectivity index (χ1) is 12.4. The van der Waals surface area contributed by atoms with Crippen LogP contribution >= 0.6 is 0 Å². The molecule has 0 amide bonds. The Labute approximate surface area is 146 Å². The van der Waals surface area contributed by atoms with Gasteiger partial charge >= 0.3 is 0 Å². The van der Waals surface area contributed by atoms with E-state index in [1.807, 2.05) is 0 Å². The maximum absolute atomic E-state index is 2.32. The zero-order chi connectivity index (χ0) is 16.4. The van der Waals surface area contributed by atoms with E-state index in [1.165, 1.54) is 54.6 Å². The molecule has 5 aromatic rings. The summed E-state index contributed by atoms with van der Waals surface area (Å²) in [6, 6.07) is 31.2. The topological polar surface area (TPSA) is 0 Å². The van der Waals surface area contributed by atoms with Crippen molar-refractivity contribution in [2.24, 2.45) is 0 Å². The highest BCUT2D eigenvalue weighted by atomic mass is 14.3. The summed E-state index contributed by atoms with van der Waals surface area (Å²) in [5, 5.41) is 8.17. The van der Waals surface area contributed by atoms with E-state index in [9.17, 15) is 0 Å². The lowest BCUT2D eigenvalue weighted by Crippen LogP contribution is -1.86. The molecular formula is C25H16. The van der Waals surface area contributed by atoms with Crippen molar-refractivity contribution in [2.45, 2.75) is 6.42 Å². The first-order valence-corrected chi connectivity index (χ1v) is 8.84. The second-order valence-electron chi connectivity index (χ2n) is 6.96. The van der Waals surface area contributed by atoms with Gasteiger partial charge in [-0.25, -0.2) is 0 Å². The van der Waals surface area contributed by atoms with Crippen LogP contribution in [0.2, 0.25) is 0 Å². The van der Waals surface area contributed by atoms with Crippen LogP contribution in [0, 0.1) is 0 Å². The zero-order valence-electron chi connectivity index (χ0n) is 13.8. The number of benzene rings is 5. The van der Waals surface area contributed by atoms with Crippen molar-refractivity contribution in [2.75, 3.05) is 0 Å². The third kappa shape index (κ3) is 1.71. The predicted molar refractivity (Wildman–Crippen MR) is 107 cm³/mol. The van der Waals surface area contributed by atoms with E-state index in [1.54, 1.807) is 0 Å². The summed E-state index contributed by atoms with van der Waals surface area (Å²) < 4.78 is 0. The van der Waals surface area contributed by atoms with Gasteiger partial charge in [0.05, 0.1) is 0 Å². The van der Waals surface area contributed by atoms with Crippen LogP contribution in [0.4, 0.5) is 0 Å². The van der Waals surface area contributed by atoms with Crippen LogP contribution in [-0.4, -0.2) is 0 Å². The first-order valence-electron chi connectivity index (χ1n) is 8.84. The molecule has 5 aromatic carbocycles. The number of fused-ring (bicyclic) bond motifs is 9. The van der Waals surface area contributed by atoms with Gasteiger partial charge in [0.15, 0.2) is 0 Å². The number of rotatable bonds is 0. The van der Waals surface area contributed by atoms with E-state index < -0.39 is 0 Å². The third-order valence-corrected chi connectivity index (χ3v) is 5.72. The van der Waals surface area contributed by atoms with Crippen molar-refractivity contribution in [1.29, 1.82) is 0 Å². The van der Waals surface area contributed by atoms with Crippen molar-refractivity contribution < 1.29 is 0 Å². The molecule has 0 unspecified atom stereocenters. The molecule has 0 aliphatic heterocycles. The molecule has 25 heavy (non-hydrogen) atoms. The lowest BCUT2D eigenvalue weighted by molar-refractivity contribution is 1.31. The van der Waals surface area contributed by atoms with Gasteiger partial charge in [-0.2, -0.15) is 0 Å². The van der Waals surface area contributed by atoms with Gasteiger partial charge in [-0.15, -0.1) is 0 Å². The Kier molecular flexibility index (Phi) is 2.48. The van der Waals surface area contributed by atoms with Gasteiger partial charge in [0, 0.05) is 0 Å². The average Bonchev–Trinajstić information content (AvgIpc) is 3.07. The van der Waals surface area contributed by atoms with E-state index in [0.717, 1.165) is 6.42 Å². The van der Waals surface area contributed by atoms with E-state index in [-0.39, 0.29) is 0 Å². The molecule has 0 saturated carbocycles. The molecule has 116 valence electrons.